The van der Waals surface area contributed by atoms with Crippen molar-refractivity contribution in [2.24, 2.45) is 10.7 Å². The molecule has 3 rings (SSSR count). The van der Waals surface area contributed by atoms with Crippen LogP contribution in [-0.4, -0.2) is 63.8 Å². The van der Waals surface area contributed by atoms with Gasteiger partial charge in [0.15, 0.2) is 5.96 Å². The van der Waals surface area contributed by atoms with E-state index in [1.807, 2.05) is 30.3 Å². The molecule has 6 nitrogen and oxygen atoms in total. The number of halogens is 1. The number of rotatable bonds is 9. The van der Waals surface area contributed by atoms with Crippen molar-refractivity contribution in [1.29, 1.82) is 0 Å². The Hall–Kier alpha value is -2.44. The Morgan fingerprint density at radius 2 is 1.83 bits per heavy atom. The highest BCUT2D eigenvalue weighted by molar-refractivity contribution is 6.33. The van der Waals surface area contributed by atoms with Gasteiger partial charge in [-0.05, 0) is 42.7 Å². The number of benzene rings is 2. The zero-order valence-electron chi connectivity index (χ0n) is 17.7. The highest BCUT2D eigenvalue weighted by atomic mass is 35.5. The Balaban J connectivity index is 1.29. The summed E-state index contributed by atoms with van der Waals surface area (Å²) in [5.41, 5.74) is 8.36. The predicted octanol–water partition coefficient (Wildman–Crippen LogP) is 3.01. The van der Waals surface area contributed by atoms with Crippen LogP contribution >= 0.6 is 11.6 Å². The van der Waals surface area contributed by atoms with Gasteiger partial charge in [0.2, 0.25) is 0 Å². The van der Waals surface area contributed by atoms with Crippen molar-refractivity contribution in [3.8, 4) is 5.75 Å². The summed E-state index contributed by atoms with van der Waals surface area (Å²) < 4.78 is 5.17. The average Bonchev–Trinajstić information content (AvgIpc) is 2.78. The van der Waals surface area contributed by atoms with Gasteiger partial charge in [-0.1, -0.05) is 35.9 Å². The summed E-state index contributed by atoms with van der Waals surface area (Å²) in [6.45, 7) is 6.65. The van der Waals surface area contributed by atoms with Crippen LogP contribution < -0.4 is 20.7 Å². The number of nitrogens with one attached hydrogen (secondary N) is 1. The van der Waals surface area contributed by atoms with Crippen LogP contribution in [0.25, 0.3) is 0 Å². The number of nitrogens with two attached hydrogens (primary N) is 1. The molecular formula is C23H32ClN5O. The second-order valence-corrected chi connectivity index (χ2v) is 7.83. The quantitative estimate of drug-likeness (QED) is 0.364. The maximum Gasteiger partial charge on any atom is 0.188 e. The molecule has 30 heavy (non-hydrogen) atoms. The molecule has 2 aromatic carbocycles. The summed E-state index contributed by atoms with van der Waals surface area (Å²) in [5.74, 6) is 1.39. The standard InChI is InChI=1S/C23H32ClN5O/c1-30-20-9-7-19(8-10-20)11-13-27-23(25)26-12-4-14-28-15-17-29(18-16-28)22-6-3-2-5-21(22)24/h2-3,5-10H,4,11-18H2,1H3,(H3,25,26,27). The molecule has 1 heterocycles. The van der Waals surface area contributed by atoms with Gasteiger partial charge in [-0.3, -0.25) is 9.89 Å². The Kier molecular flexibility index (Phi) is 8.66. The zero-order valence-corrected chi connectivity index (χ0v) is 18.4. The molecule has 0 atom stereocenters. The van der Waals surface area contributed by atoms with Crippen LogP contribution in [-0.2, 0) is 6.42 Å². The van der Waals surface area contributed by atoms with Crippen LogP contribution in [0.2, 0.25) is 5.02 Å². The molecule has 1 fully saturated rings. The fraction of sp³-hybridized carbons (Fsp3) is 0.435. The number of piperazine rings is 1. The topological polar surface area (TPSA) is 66.1 Å². The number of nitrogens with zero attached hydrogens (tertiary/aromatic N) is 3. The van der Waals surface area contributed by atoms with E-state index in [2.05, 4.69) is 38.3 Å². The molecule has 2 aromatic rings. The highest BCUT2D eigenvalue weighted by Gasteiger charge is 2.18. The lowest BCUT2D eigenvalue weighted by Gasteiger charge is -2.36. The van der Waals surface area contributed by atoms with E-state index in [1.165, 1.54) is 5.56 Å². The minimum Gasteiger partial charge on any atom is -0.497 e. The van der Waals surface area contributed by atoms with Crippen molar-refractivity contribution in [3.63, 3.8) is 0 Å². The lowest BCUT2D eigenvalue weighted by molar-refractivity contribution is 0.256. The smallest absolute Gasteiger partial charge is 0.188 e. The molecule has 0 aliphatic carbocycles. The lowest BCUT2D eigenvalue weighted by Crippen LogP contribution is -2.46. The Morgan fingerprint density at radius 1 is 1.10 bits per heavy atom. The Labute approximate surface area is 184 Å². The van der Waals surface area contributed by atoms with E-state index in [4.69, 9.17) is 22.1 Å². The second-order valence-electron chi connectivity index (χ2n) is 7.43. The van der Waals surface area contributed by atoms with Crippen LogP contribution in [0.15, 0.2) is 53.5 Å². The first kappa shape index (κ1) is 22.2. The summed E-state index contributed by atoms with van der Waals surface area (Å²) in [4.78, 5) is 9.30. The zero-order chi connectivity index (χ0) is 21.2. The van der Waals surface area contributed by atoms with Crippen molar-refractivity contribution < 1.29 is 4.74 Å². The maximum absolute atomic E-state index is 6.32. The Bertz CT molecular complexity index is 803. The van der Waals surface area contributed by atoms with E-state index in [-0.39, 0.29) is 0 Å². The fourth-order valence-corrected chi connectivity index (χ4v) is 3.85. The molecule has 0 aromatic heterocycles. The van der Waals surface area contributed by atoms with Crippen LogP contribution in [0.1, 0.15) is 12.0 Å². The number of hydrogen-bond donors (Lipinski definition) is 2. The second kappa shape index (κ2) is 11.7. The maximum atomic E-state index is 6.32. The normalized spacial score (nSPS) is 15.3. The third-order valence-electron chi connectivity index (χ3n) is 5.36. The van der Waals surface area contributed by atoms with E-state index < -0.39 is 0 Å². The molecule has 1 saturated heterocycles. The molecular weight excluding hydrogens is 398 g/mol. The molecule has 0 amide bonds. The molecule has 162 valence electrons. The van der Waals surface area contributed by atoms with Gasteiger partial charge in [-0.15, -0.1) is 0 Å². The number of hydrogen-bond acceptors (Lipinski definition) is 4. The summed E-state index contributed by atoms with van der Waals surface area (Å²) in [6.07, 6.45) is 1.91. The summed E-state index contributed by atoms with van der Waals surface area (Å²) in [6, 6.07) is 16.2. The first-order valence-electron chi connectivity index (χ1n) is 10.5. The highest BCUT2D eigenvalue weighted by Crippen LogP contribution is 2.25. The molecule has 1 aliphatic heterocycles. The van der Waals surface area contributed by atoms with Crippen molar-refractivity contribution in [2.45, 2.75) is 12.8 Å². The van der Waals surface area contributed by atoms with E-state index in [9.17, 15) is 0 Å². The number of anilines is 1. The van der Waals surface area contributed by atoms with Gasteiger partial charge in [0, 0.05) is 45.8 Å². The average molecular weight is 430 g/mol. The molecule has 3 N–H and O–H groups in total. The van der Waals surface area contributed by atoms with Crippen molar-refractivity contribution in [2.75, 3.05) is 57.8 Å². The Morgan fingerprint density at radius 3 is 2.53 bits per heavy atom. The number of aliphatic imine (C=N–C) groups is 1. The van der Waals surface area contributed by atoms with Crippen LogP contribution in [0.4, 0.5) is 5.69 Å². The van der Waals surface area contributed by atoms with Crippen molar-refractivity contribution in [1.82, 2.24) is 10.2 Å². The molecule has 0 bridgehead atoms. The van der Waals surface area contributed by atoms with Crippen LogP contribution in [0.3, 0.4) is 0 Å². The van der Waals surface area contributed by atoms with Crippen LogP contribution in [0.5, 0.6) is 5.75 Å². The monoisotopic (exact) mass is 429 g/mol. The first-order chi connectivity index (χ1) is 14.7. The molecule has 0 saturated carbocycles. The van der Waals surface area contributed by atoms with Gasteiger partial charge in [0.25, 0.3) is 0 Å². The SMILES string of the molecule is COc1ccc(CCNC(N)=NCCCN2CCN(c3ccccc3Cl)CC2)cc1. The van der Waals surface area contributed by atoms with Gasteiger partial charge < -0.3 is 20.7 Å². The van der Waals surface area contributed by atoms with E-state index >= 15 is 0 Å². The van der Waals surface area contributed by atoms with Gasteiger partial charge in [0.05, 0.1) is 17.8 Å². The van der Waals surface area contributed by atoms with Gasteiger partial charge in [0.1, 0.15) is 5.75 Å². The van der Waals surface area contributed by atoms with E-state index in [0.717, 1.165) is 75.1 Å². The van der Waals surface area contributed by atoms with Crippen molar-refractivity contribution in [3.05, 3.63) is 59.1 Å². The van der Waals surface area contributed by atoms with Crippen molar-refractivity contribution >= 4 is 23.2 Å². The fourth-order valence-electron chi connectivity index (χ4n) is 3.60. The van der Waals surface area contributed by atoms with E-state index in [1.54, 1.807) is 7.11 Å². The summed E-state index contributed by atoms with van der Waals surface area (Å²) in [5, 5.41) is 4.02. The summed E-state index contributed by atoms with van der Waals surface area (Å²) in [7, 11) is 1.67. The number of guanidine groups is 1. The molecule has 0 radical (unpaired) electrons. The number of ether oxygens (including phenoxy) is 1. The van der Waals surface area contributed by atoms with Gasteiger partial charge in [-0.2, -0.15) is 0 Å². The summed E-state index contributed by atoms with van der Waals surface area (Å²) >= 11 is 6.32. The minimum atomic E-state index is 0.520. The number of methoxy groups -OCH3 is 1. The van der Waals surface area contributed by atoms with E-state index in [0.29, 0.717) is 5.96 Å². The molecule has 0 spiro atoms. The predicted molar refractivity (Wildman–Crippen MR) is 126 cm³/mol. The van der Waals surface area contributed by atoms with Gasteiger partial charge in [-0.25, -0.2) is 0 Å². The third-order valence-corrected chi connectivity index (χ3v) is 5.68. The molecule has 0 unspecified atom stereocenters. The van der Waals surface area contributed by atoms with Crippen LogP contribution in [0, 0.1) is 0 Å². The first-order valence-corrected chi connectivity index (χ1v) is 10.9. The lowest BCUT2D eigenvalue weighted by atomic mass is 10.1. The third kappa shape index (κ3) is 6.82. The molecule has 7 heteroatoms. The number of para-hydroxylation sites is 1. The largest absolute Gasteiger partial charge is 0.497 e. The molecule has 1 aliphatic rings. The van der Waals surface area contributed by atoms with Gasteiger partial charge >= 0.3 is 0 Å². The minimum absolute atomic E-state index is 0.520.